The van der Waals surface area contributed by atoms with Gasteiger partial charge in [-0.15, -0.1) is 0 Å². The molecule has 0 bridgehead atoms. The molecule has 0 radical (unpaired) electrons. The minimum Gasteiger partial charge on any atom is -0.488 e. The van der Waals surface area contributed by atoms with Crippen LogP contribution in [0.4, 0.5) is 18.9 Å². The molecular formula is C23H15Cl3F3N3O3. The Balaban J connectivity index is 1.65. The molecule has 3 aromatic carbocycles. The predicted molar refractivity (Wildman–Crippen MR) is 128 cm³/mol. The number of anilines is 1. The fourth-order valence-electron chi connectivity index (χ4n) is 2.74. The van der Waals surface area contributed by atoms with E-state index in [0.29, 0.717) is 38.0 Å². The van der Waals surface area contributed by atoms with Crippen molar-refractivity contribution in [2.24, 2.45) is 5.10 Å². The molecule has 12 heteroatoms. The van der Waals surface area contributed by atoms with Crippen LogP contribution in [-0.2, 0) is 22.4 Å². The summed E-state index contributed by atoms with van der Waals surface area (Å²) in [7, 11) is 0. The maximum absolute atomic E-state index is 12.8. The molecule has 35 heavy (non-hydrogen) atoms. The summed E-state index contributed by atoms with van der Waals surface area (Å²) < 4.78 is 44.2. The van der Waals surface area contributed by atoms with Crippen LogP contribution in [0.2, 0.25) is 15.1 Å². The average Bonchev–Trinajstić information content (AvgIpc) is 2.79. The van der Waals surface area contributed by atoms with E-state index in [-0.39, 0.29) is 12.3 Å². The van der Waals surface area contributed by atoms with Crippen LogP contribution in [0.5, 0.6) is 5.75 Å². The van der Waals surface area contributed by atoms with E-state index >= 15 is 0 Å². The molecule has 0 aliphatic heterocycles. The van der Waals surface area contributed by atoms with Crippen LogP contribution >= 0.6 is 34.8 Å². The molecule has 3 rings (SSSR count). The van der Waals surface area contributed by atoms with Crippen molar-refractivity contribution in [3.8, 4) is 5.75 Å². The number of ether oxygens (including phenoxy) is 1. The molecule has 3 aromatic rings. The molecule has 0 heterocycles. The maximum atomic E-state index is 12.8. The lowest BCUT2D eigenvalue weighted by molar-refractivity contribution is -0.137. The number of hydrogen-bond donors (Lipinski definition) is 2. The Morgan fingerprint density at radius 2 is 1.63 bits per heavy atom. The lowest BCUT2D eigenvalue weighted by Crippen LogP contribution is -2.32. The van der Waals surface area contributed by atoms with Crippen molar-refractivity contribution in [2.45, 2.75) is 12.8 Å². The Kier molecular flexibility index (Phi) is 8.61. The first kappa shape index (κ1) is 26.3. The number of hydrogen-bond acceptors (Lipinski definition) is 4. The molecule has 6 nitrogen and oxygen atoms in total. The maximum Gasteiger partial charge on any atom is 0.416 e. The highest BCUT2D eigenvalue weighted by Gasteiger charge is 2.30. The molecule has 0 aliphatic carbocycles. The molecule has 0 fully saturated rings. The van der Waals surface area contributed by atoms with Gasteiger partial charge in [-0.1, -0.05) is 46.9 Å². The van der Waals surface area contributed by atoms with Gasteiger partial charge in [0.15, 0.2) is 0 Å². The third kappa shape index (κ3) is 7.35. The smallest absolute Gasteiger partial charge is 0.416 e. The molecule has 0 unspecified atom stereocenters. The second-order valence-electron chi connectivity index (χ2n) is 6.90. The molecule has 0 saturated carbocycles. The van der Waals surface area contributed by atoms with Crippen molar-refractivity contribution >= 4 is 58.5 Å². The molecule has 0 aromatic heterocycles. The van der Waals surface area contributed by atoms with Gasteiger partial charge < -0.3 is 10.1 Å². The number of carbonyl (C=O) groups is 2. The van der Waals surface area contributed by atoms with Crippen molar-refractivity contribution in [1.82, 2.24) is 5.43 Å². The number of nitrogens with one attached hydrogen (secondary N) is 2. The van der Waals surface area contributed by atoms with E-state index < -0.39 is 23.6 Å². The van der Waals surface area contributed by atoms with Gasteiger partial charge in [0, 0.05) is 31.9 Å². The van der Waals surface area contributed by atoms with E-state index in [9.17, 15) is 22.8 Å². The third-order valence-corrected chi connectivity index (χ3v) is 5.37. The van der Waals surface area contributed by atoms with E-state index in [4.69, 9.17) is 39.5 Å². The topological polar surface area (TPSA) is 79.8 Å². The van der Waals surface area contributed by atoms with Crippen molar-refractivity contribution in [3.63, 3.8) is 0 Å². The minimum absolute atomic E-state index is 0.0345. The van der Waals surface area contributed by atoms with Crippen LogP contribution in [0.1, 0.15) is 16.7 Å². The zero-order valence-corrected chi connectivity index (χ0v) is 19.8. The molecule has 0 atom stereocenters. The van der Waals surface area contributed by atoms with Crippen molar-refractivity contribution < 1.29 is 27.5 Å². The van der Waals surface area contributed by atoms with E-state index in [2.05, 4.69) is 10.4 Å². The first-order valence-corrected chi connectivity index (χ1v) is 10.8. The molecule has 182 valence electrons. The Morgan fingerprint density at radius 3 is 2.31 bits per heavy atom. The number of benzene rings is 3. The van der Waals surface area contributed by atoms with Gasteiger partial charge in [0.1, 0.15) is 12.4 Å². The highest BCUT2D eigenvalue weighted by Crippen LogP contribution is 2.31. The normalized spacial score (nSPS) is 11.4. The van der Waals surface area contributed by atoms with Gasteiger partial charge in [-0.25, -0.2) is 5.43 Å². The molecule has 0 aliphatic rings. The molecule has 2 N–H and O–H groups in total. The monoisotopic (exact) mass is 543 g/mol. The Labute approximate surface area is 212 Å². The summed E-state index contributed by atoms with van der Waals surface area (Å²) in [5, 5.41) is 6.96. The van der Waals surface area contributed by atoms with Crippen LogP contribution in [0, 0.1) is 0 Å². The summed E-state index contributed by atoms with van der Waals surface area (Å²) in [6, 6.07) is 13.5. The number of alkyl halides is 3. The molecule has 0 spiro atoms. The van der Waals surface area contributed by atoms with Crippen molar-refractivity contribution in [3.05, 3.63) is 92.4 Å². The SMILES string of the molecule is O=C(N/N=C\c1cc(Cl)ccc1OCc1c(Cl)cccc1Cl)C(=O)Nc1cccc(C(F)(F)F)c1. The second-order valence-corrected chi connectivity index (χ2v) is 8.15. The number of rotatable bonds is 6. The van der Waals surface area contributed by atoms with Gasteiger partial charge in [0.25, 0.3) is 0 Å². The Morgan fingerprint density at radius 1 is 0.943 bits per heavy atom. The van der Waals surface area contributed by atoms with E-state index in [1.54, 1.807) is 30.3 Å². The Bertz CT molecular complexity index is 1260. The molecule has 2 amide bonds. The molecular weight excluding hydrogens is 530 g/mol. The highest BCUT2D eigenvalue weighted by molar-refractivity contribution is 6.39. The zero-order valence-electron chi connectivity index (χ0n) is 17.5. The first-order valence-electron chi connectivity index (χ1n) is 9.71. The summed E-state index contributed by atoms with van der Waals surface area (Å²) in [4.78, 5) is 24.0. The van der Waals surface area contributed by atoms with Crippen LogP contribution in [-0.4, -0.2) is 18.0 Å². The van der Waals surface area contributed by atoms with Crippen molar-refractivity contribution in [2.75, 3.05) is 5.32 Å². The first-order chi connectivity index (χ1) is 16.5. The standard InChI is InChI=1S/C23H15Cl3F3N3O3/c24-15-7-8-20(35-12-17-18(25)5-2-6-19(17)26)13(9-15)11-30-32-22(34)21(33)31-16-4-1-3-14(10-16)23(27,28)29/h1-11H,12H2,(H,31,33)(H,32,34)/b30-11-. The quantitative estimate of drug-likeness (QED) is 0.216. The number of halogens is 6. The van der Waals surface area contributed by atoms with Crippen molar-refractivity contribution in [1.29, 1.82) is 0 Å². The van der Waals surface area contributed by atoms with Gasteiger partial charge in [-0.2, -0.15) is 18.3 Å². The van der Waals surface area contributed by atoms with Gasteiger partial charge in [-0.3, -0.25) is 9.59 Å². The Hall–Kier alpha value is -3.27. The van der Waals surface area contributed by atoms with Gasteiger partial charge in [-0.05, 0) is 48.5 Å². The summed E-state index contributed by atoms with van der Waals surface area (Å²) >= 11 is 18.3. The fraction of sp³-hybridized carbons (Fsp3) is 0.0870. The zero-order chi connectivity index (χ0) is 25.6. The summed E-state index contributed by atoms with van der Waals surface area (Å²) in [5.41, 5.74) is 1.74. The van der Waals surface area contributed by atoms with Gasteiger partial charge in [0.05, 0.1) is 11.8 Å². The van der Waals surface area contributed by atoms with Crippen LogP contribution in [0.3, 0.4) is 0 Å². The van der Waals surface area contributed by atoms with Crippen LogP contribution < -0.4 is 15.5 Å². The van der Waals surface area contributed by atoms with Crippen LogP contribution in [0.15, 0.2) is 65.8 Å². The third-order valence-electron chi connectivity index (χ3n) is 4.43. The minimum atomic E-state index is -4.60. The predicted octanol–water partition coefficient (Wildman–Crippen LogP) is 6.33. The summed E-state index contributed by atoms with van der Waals surface area (Å²) in [6.07, 6.45) is -3.41. The summed E-state index contributed by atoms with van der Waals surface area (Å²) in [6.45, 7) is 0.0345. The number of nitrogens with zero attached hydrogens (tertiary/aromatic N) is 1. The van der Waals surface area contributed by atoms with Crippen LogP contribution in [0.25, 0.3) is 0 Å². The fourth-order valence-corrected chi connectivity index (χ4v) is 3.43. The lowest BCUT2D eigenvalue weighted by atomic mass is 10.2. The summed E-state index contributed by atoms with van der Waals surface area (Å²) in [5.74, 6) is -2.08. The van der Waals surface area contributed by atoms with E-state index in [0.717, 1.165) is 12.1 Å². The van der Waals surface area contributed by atoms with Gasteiger partial charge in [0.2, 0.25) is 0 Å². The second kappa shape index (κ2) is 11.4. The number of hydrazone groups is 1. The highest BCUT2D eigenvalue weighted by atomic mass is 35.5. The van der Waals surface area contributed by atoms with Gasteiger partial charge >= 0.3 is 18.0 Å². The number of amides is 2. The molecule has 0 saturated heterocycles. The van der Waals surface area contributed by atoms with E-state index in [1.807, 2.05) is 5.43 Å². The lowest BCUT2D eigenvalue weighted by Gasteiger charge is -2.12. The number of carbonyl (C=O) groups excluding carboxylic acids is 2. The van der Waals surface area contributed by atoms with E-state index in [1.165, 1.54) is 18.3 Å². The largest absolute Gasteiger partial charge is 0.488 e. The average molecular weight is 545 g/mol.